The van der Waals surface area contributed by atoms with Crippen LogP contribution in [0.2, 0.25) is 0 Å². The minimum absolute atomic E-state index is 0.100. The molecule has 0 spiro atoms. The van der Waals surface area contributed by atoms with Gasteiger partial charge in [0.2, 0.25) is 0 Å². The summed E-state index contributed by atoms with van der Waals surface area (Å²) in [6, 6.07) is 2.26. The number of amides is 2. The fraction of sp³-hybridized carbons (Fsp3) is 0.706. The normalized spacial score (nSPS) is 22.3. The van der Waals surface area contributed by atoms with Gasteiger partial charge < -0.3 is 20.4 Å². The lowest BCUT2D eigenvalue weighted by atomic mass is 10.0. The van der Waals surface area contributed by atoms with Gasteiger partial charge in [0.05, 0.1) is 0 Å². The number of urea groups is 1. The molecule has 3 heterocycles. The van der Waals surface area contributed by atoms with Crippen LogP contribution in [0.1, 0.15) is 32.6 Å². The van der Waals surface area contributed by atoms with Gasteiger partial charge in [0, 0.05) is 45.3 Å². The maximum absolute atomic E-state index is 11.4. The first-order valence-electron chi connectivity index (χ1n) is 8.96. The largest absolute Gasteiger partial charge is 0.356 e. The number of nitrogens with zero attached hydrogens (tertiary/aromatic N) is 4. The topological polar surface area (TPSA) is 73.4 Å². The summed E-state index contributed by atoms with van der Waals surface area (Å²) in [7, 11) is 1.65. The molecular weight excluding hydrogens is 304 g/mol. The lowest BCUT2D eigenvalue weighted by molar-refractivity contribution is 0.236. The zero-order valence-electron chi connectivity index (χ0n) is 14.7. The summed E-state index contributed by atoms with van der Waals surface area (Å²) < 4.78 is 0. The number of hydrogen-bond donors (Lipinski definition) is 2. The number of anilines is 2. The van der Waals surface area contributed by atoms with Crippen molar-refractivity contribution in [2.45, 2.75) is 38.6 Å². The lowest BCUT2D eigenvalue weighted by Crippen LogP contribution is -2.47. The molecule has 2 fully saturated rings. The fourth-order valence-corrected chi connectivity index (χ4v) is 3.59. The zero-order valence-corrected chi connectivity index (χ0v) is 14.7. The minimum atomic E-state index is -0.100. The molecule has 7 heteroatoms. The Hall–Kier alpha value is -2.05. The first-order chi connectivity index (χ1) is 11.7. The number of carbonyl (C=O) groups is 1. The molecule has 1 unspecified atom stereocenters. The molecule has 0 saturated carbocycles. The van der Waals surface area contributed by atoms with Crippen molar-refractivity contribution in [3.8, 4) is 0 Å². The highest BCUT2D eigenvalue weighted by Gasteiger charge is 2.23. The third-order valence-electron chi connectivity index (χ3n) is 5.00. The molecule has 2 aliphatic heterocycles. The summed E-state index contributed by atoms with van der Waals surface area (Å²) in [6.45, 7) is 6.27. The smallest absolute Gasteiger partial charge is 0.314 e. The second-order valence-electron chi connectivity index (χ2n) is 6.91. The minimum Gasteiger partial charge on any atom is -0.356 e. The van der Waals surface area contributed by atoms with Gasteiger partial charge in [0.15, 0.2) is 0 Å². The van der Waals surface area contributed by atoms with Crippen LogP contribution in [0.5, 0.6) is 0 Å². The van der Waals surface area contributed by atoms with E-state index in [1.807, 2.05) is 0 Å². The molecule has 7 nitrogen and oxygen atoms in total. The average Bonchev–Trinajstić information content (AvgIpc) is 2.62. The molecule has 2 amide bonds. The summed E-state index contributed by atoms with van der Waals surface area (Å²) in [6.07, 6.45) is 6.09. The predicted molar refractivity (Wildman–Crippen MR) is 95.5 cm³/mol. The van der Waals surface area contributed by atoms with Gasteiger partial charge in [-0.1, -0.05) is 6.92 Å². The van der Waals surface area contributed by atoms with Crippen LogP contribution < -0.4 is 20.4 Å². The maximum Gasteiger partial charge on any atom is 0.314 e. The Kier molecular flexibility index (Phi) is 5.37. The molecule has 0 bridgehead atoms. The molecular formula is C17H28N6O. The Labute approximate surface area is 143 Å². The Bertz CT molecular complexity index is 558. The van der Waals surface area contributed by atoms with Gasteiger partial charge >= 0.3 is 6.03 Å². The molecule has 24 heavy (non-hydrogen) atoms. The van der Waals surface area contributed by atoms with Crippen LogP contribution in [0.15, 0.2) is 12.4 Å². The van der Waals surface area contributed by atoms with Gasteiger partial charge in [-0.25, -0.2) is 14.8 Å². The number of hydrogen-bond acceptors (Lipinski definition) is 5. The molecule has 2 saturated heterocycles. The molecule has 1 aromatic heterocycles. The van der Waals surface area contributed by atoms with Crippen molar-refractivity contribution >= 4 is 17.7 Å². The van der Waals surface area contributed by atoms with E-state index in [4.69, 9.17) is 0 Å². The molecule has 3 rings (SSSR count). The third-order valence-corrected chi connectivity index (χ3v) is 5.00. The summed E-state index contributed by atoms with van der Waals surface area (Å²) >= 11 is 0. The first kappa shape index (κ1) is 16.8. The number of piperidine rings is 2. The van der Waals surface area contributed by atoms with E-state index in [2.05, 4.69) is 43.4 Å². The van der Waals surface area contributed by atoms with Crippen molar-refractivity contribution in [3.63, 3.8) is 0 Å². The van der Waals surface area contributed by atoms with Gasteiger partial charge in [-0.3, -0.25) is 0 Å². The monoisotopic (exact) mass is 332 g/mol. The fourth-order valence-electron chi connectivity index (χ4n) is 3.59. The van der Waals surface area contributed by atoms with E-state index in [0.29, 0.717) is 0 Å². The van der Waals surface area contributed by atoms with Gasteiger partial charge in [-0.05, 0) is 31.6 Å². The van der Waals surface area contributed by atoms with Crippen LogP contribution in [-0.4, -0.2) is 55.3 Å². The first-order valence-corrected chi connectivity index (χ1v) is 8.96. The van der Waals surface area contributed by atoms with E-state index in [1.165, 1.54) is 12.8 Å². The molecule has 132 valence electrons. The van der Waals surface area contributed by atoms with Crippen molar-refractivity contribution in [2.75, 3.05) is 43.0 Å². The Morgan fingerprint density at radius 3 is 2.50 bits per heavy atom. The second kappa shape index (κ2) is 7.68. The van der Waals surface area contributed by atoms with E-state index in [9.17, 15) is 4.79 Å². The van der Waals surface area contributed by atoms with Crippen molar-refractivity contribution in [3.05, 3.63) is 12.4 Å². The highest BCUT2D eigenvalue weighted by Crippen LogP contribution is 2.25. The summed E-state index contributed by atoms with van der Waals surface area (Å²) in [5, 5.41) is 5.60. The van der Waals surface area contributed by atoms with E-state index >= 15 is 0 Å². The summed E-state index contributed by atoms with van der Waals surface area (Å²) in [5.74, 6) is 2.76. The van der Waals surface area contributed by atoms with Crippen molar-refractivity contribution < 1.29 is 4.79 Å². The summed E-state index contributed by atoms with van der Waals surface area (Å²) in [5.41, 5.74) is 0. The van der Waals surface area contributed by atoms with E-state index in [1.54, 1.807) is 13.4 Å². The van der Waals surface area contributed by atoms with Gasteiger partial charge in [0.25, 0.3) is 0 Å². The molecule has 2 N–H and O–H groups in total. The zero-order chi connectivity index (χ0) is 16.9. The van der Waals surface area contributed by atoms with E-state index in [-0.39, 0.29) is 12.1 Å². The van der Waals surface area contributed by atoms with Crippen molar-refractivity contribution in [1.82, 2.24) is 20.6 Å². The lowest BCUT2D eigenvalue weighted by Gasteiger charge is -2.34. The second-order valence-corrected chi connectivity index (χ2v) is 6.91. The standard InChI is InChI=1S/C17H28N6O/c1-13-4-3-7-23(11-13)16-10-15(19-12-20-16)22-8-5-14(6-9-22)21-17(24)18-2/h10,12-14H,3-9,11H2,1-2H3,(H2,18,21,24). The van der Waals surface area contributed by atoms with Crippen LogP contribution in [-0.2, 0) is 0 Å². The molecule has 0 aromatic carbocycles. The average molecular weight is 332 g/mol. The molecule has 0 radical (unpaired) electrons. The number of aromatic nitrogens is 2. The number of carbonyl (C=O) groups excluding carboxylic acids is 1. The SMILES string of the molecule is CNC(=O)NC1CCN(c2cc(N3CCCC(C)C3)ncn2)CC1. The van der Waals surface area contributed by atoms with E-state index in [0.717, 1.165) is 56.6 Å². The quantitative estimate of drug-likeness (QED) is 0.880. The summed E-state index contributed by atoms with van der Waals surface area (Å²) in [4.78, 5) is 25.0. The Balaban J connectivity index is 1.60. The van der Waals surface area contributed by atoms with Gasteiger partial charge in [0.1, 0.15) is 18.0 Å². The molecule has 0 aliphatic carbocycles. The highest BCUT2D eigenvalue weighted by molar-refractivity contribution is 5.73. The van der Waals surface area contributed by atoms with Crippen LogP contribution >= 0.6 is 0 Å². The van der Waals surface area contributed by atoms with Gasteiger partial charge in [-0.15, -0.1) is 0 Å². The Morgan fingerprint density at radius 2 is 1.83 bits per heavy atom. The van der Waals surface area contributed by atoms with Gasteiger partial charge in [-0.2, -0.15) is 0 Å². The third kappa shape index (κ3) is 4.07. The number of nitrogens with one attached hydrogen (secondary N) is 2. The molecule has 1 atom stereocenters. The van der Waals surface area contributed by atoms with Crippen molar-refractivity contribution in [2.24, 2.45) is 5.92 Å². The highest BCUT2D eigenvalue weighted by atomic mass is 16.2. The van der Waals surface area contributed by atoms with Crippen molar-refractivity contribution in [1.29, 1.82) is 0 Å². The molecule has 1 aromatic rings. The molecule has 2 aliphatic rings. The van der Waals surface area contributed by atoms with Crippen LogP contribution in [0.4, 0.5) is 16.4 Å². The predicted octanol–water partition coefficient (Wildman–Crippen LogP) is 1.61. The Morgan fingerprint density at radius 1 is 1.12 bits per heavy atom. The number of rotatable bonds is 3. The van der Waals surface area contributed by atoms with Crippen LogP contribution in [0, 0.1) is 5.92 Å². The van der Waals surface area contributed by atoms with Crippen LogP contribution in [0.3, 0.4) is 0 Å². The van der Waals surface area contributed by atoms with E-state index < -0.39 is 0 Å². The van der Waals surface area contributed by atoms with Crippen LogP contribution in [0.25, 0.3) is 0 Å². The maximum atomic E-state index is 11.4.